The maximum absolute atomic E-state index is 13.1. The van der Waals surface area contributed by atoms with Gasteiger partial charge in [0.15, 0.2) is 0 Å². The van der Waals surface area contributed by atoms with E-state index in [2.05, 4.69) is 15.4 Å². The van der Waals surface area contributed by atoms with E-state index >= 15 is 0 Å². The number of hydrogen-bond donors (Lipinski definition) is 1. The molecule has 1 amide bonds. The number of aryl methyl sites for hydroxylation is 1. The first-order valence-corrected chi connectivity index (χ1v) is 9.72. The van der Waals surface area contributed by atoms with Crippen molar-refractivity contribution in [3.63, 3.8) is 0 Å². The van der Waals surface area contributed by atoms with Crippen LogP contribution in [0.5, 0.6) is 11.5 Å². The molecule has 0 unspecified atom stereocenters. The molecule has 0 saturated carbocycles. The lowest BCUT2D eigenvalue weighted by Gasteiger charge is -2.14. The molecule has 1 N–H and O–H groups in total. The number of nitrogens with zero attached hydrogens (tertiary/aromatic N) is 3. The van der Waals surface area contributed by atoms with Crippen LogP contribution in [0.4, 0.5) is 5.69 Å². The summed E-state index contributed by atoms with van der Waals surface area (Å²) < 4.78 is 13.0. The van der Waals surface area contributed by atoms with Gasteiger partial charge in [0.1, 0.15) is 18.1 Å². The van der Waals surface area contributed by atoms with Crippen LogP contribution in [-0.4, -0.2) is 27.8 Å². The van der Waals surface area contributed by atoms with Crippen molar-refractivity contribution in [1.29, 1.82) is 0 Å². The number of amides is 1. The summed E-state index contributed by atoms with van der Waals surface area (Å²) in [5.41, 5.74) is 3.76. The lowest BCUT2D eigenvalue weighted by atomic mass is 10.0. The zero-order valence-corrected chi connectivity index (χ0v) is 17.3. The summed E-state index contributed by atoms with van der Waals surface area (Å²) >= 11 is 0. The number of rotatable bonds is 7. The van der Waals surface area contributed by atoms with Gasteiger partial charge >= 0.3 is 0 Å². The Kier molecular flexibility index (Phi) is 5.93. The van der Waals surface area contributed by atoms with Crippen LogP contribution >= 0.6 is 0 Å². The van der Waals surface area contributed by atoms with Crippen LogP contribution in [0.25, 0.3) is 11.1 Å². The lowest BCUT2D eigenvalue weighted by Crippen LogP contribution is -2.14. The standard InChI is InChI=1S/C24H22N4O3/c1-28-15-19(13-26-28)18-8-9-23(31-16-17-5-3-7-21(11-17)30-2)22(12-18)24(29)27-20-6-4-10-25-14-20/h3-15H,16H2,1-2H3,(H,27,29). The highest BCUT2D eigenvalue weighted by Gasteiger charge is 2.16. The normalized spacial score (nSPS) is 10.5. The molecular formula is C24H22N4O3. The third kappa shape index (κ3) is 4.90. The van der Waals surface area contributed by atoms with E-state index in [1.165, 1.54) is 0 Å². The Hall–Kier alpha value is -4.13. The van der Waals surface area contributed by atoms with Crippen LogP contribution in [0, 0.1) is 0 Å². The first kappa shape index (κ1) is 20.2. The summed E-state index contributed by atoms with van der Waals surface area (Å²) in [5, 5.41) is 7.09. The van der Waals surface area contributed by atoms with E-state index < -0.39 is 0 Å². The van der Waals surface area contributed by atoms with E-state index in [0.717, 1.165) is 22.4 Å². The van der Waals surface area contributed by atoms with Gasteiger partial charge in [0.05, 0.1) is 30.8 Å². The molecule has 0 atom stereocenters. The topological polar surface area (TPSA) is 78.3 Å². The van der Waals surface area contributed by atoms with E-state index in [0.29, 0.717) is 23.6 Å². The molecule has 0 saturated heterocycles. The molecule has 2 heterocycles. The number of pyridine rings is 1. The minimum atomic E-state index is -0.278. The predicted molar refractivity (Wildman–Crippen MR) is 118 cm³/mol. The van der Waals surface area contributed by atoms with Crippen LogP contribution in [0.3, 0.4) is 0 Å². The molecule has 156 valence electrons. The lowest BCUT2D eigenvalue weighted by molar-refractivity contribution is 0.102. The van der Waals surface area contributed by atoms with Crippen LogP contribution in [-0.2, 0) is 13.7 Å². The van der Waals surface area contributed by atoms with Gasteiger partial charge in [-0.2, -0.15) is 5.10 Å². The van der Waals surface area contributed by atoms with Gasteiger partial charge in [-0.15, -0.1) is 0 Å². The highest BCUT2D eigenvalue weighted by molar-refractivity contribution is 6.06. The Balaban J connectivity index is 1.63. The van der Waals surface area contributed by atoms with Crippen LogP contribution < -0.4 is 14.8 Å². The van der Waals surface area contributed by atoms with Crippen molar-refractivity contribution in [1.82, 2.24) is 14.8 Å². The smallest absolute Gasteiger partial charge is 0.259 e. The van der Waals surface area contributed by atoms with Gasteiger partial charge in [-0.3, -0.25) is 14.5 Å². The van der Waals surface area contributed by atoms with Crippen LogP contribution in [0.1, 0.15) is 15.9 Å². The van der Waals surface area contributed by atoms with Gasteiger partial charge in [-0.1, -0.05) is 18.2 Å². The summed E-state index contributed by atoms with van der Waals surface area (Å²) in [6.45, 7) is 0.302. The van der Waals surface area contributed by atoms with Crippen LogP contribution in [0.15, 0.2) is 79.4 Å². The minimum absolute atomic E-state index is 0.278. The minimum Gasteiger partial charge on any atom is -0.497 e. The molecule has 4 rings (SSSR count). The van der Waals surface area contributed by atoms with E-state index in [1.54, 1.807) is 48.6 Å². The van der Waals surface area contributed by atoms with Gasteiger partial charge < -0.3 is 14.8 Å². The summed E-state index contributed by atoms with van der Waals surface area (Å²) in [6, 6.07) is 16.7. The highest BCUT2D eigenvalue weighted by atomic mass is 16.5. The van der Waals surface area contributed by atoms with Crippen LogP contribution in [0.2, 0.25) is 0 Å². The number of benzene rings is 2. The first-order chi connectivity index (χ1) is 15.1. The fraction of sp³-hybridized carbons (Fsp3) is 0.125. The number of methoxy groups -OCH3 is 1. The molecule has 2 aromatic carbocycles. The second-order valence-corrected chi connectivity index (χ2v) is 6.95. The maximum atomic E-state index is 13.1. The summed E-state index contributed by atoms with van der Waals surface area (Å²) in [6.07, 6.45) is 6.91. The second kappa shape index (κ2) is 9.13. The Labute approximate surface area is 180 Å². The molecule has 2 aromatic heterocycles. The quantitative estimate of drug-likeness (QED) is 0.487. The first-order valence-electron chi connectivity index (χ1n) is 9.72. The zero-order chi connectivity index (χ0) is 21.6. The molecule has 0 aliphatic carbocycles. The fourth-order valence-electron chi connectivity index (χ4n) is 3.14. The average Bonchev–Trinajstić information content (AvgIpc) is 3.24. The average molecular weight is 414 g/mol. The monoisotopic (exact) mass is 414 g/mol. The van der Waals surface area contributed by atoms with Crippen molar-refractivity contribution in [2.45, 2.75) is 6.61 Å². The number of carbonyl (C=O) groups is 1. The van der Waals surface area contributed by atoms with Crippen molar-refractivity contribution in [3.05, 3.63) is 90.5 Å². The molecule has 0 aliphatic rings. The molecule has 7 heteroatoms. The SMILES string of the molecule is COc1cccc(COc2ccc(-c3cnn(C)c3)cc2C(=O)Nc2cccnc2)c1. The Morgan fingerprint density at radius 3 is 2.71 bits per heavy atom. The van der Waals surface area contributed by atoms with Gasteiger partial charge in [0.2, 0.25) is 0 Å². The number of ether oxygens (including phenoxy) is 2. The third-order valence-corrected chi connectivity index (χ3v) is 4.71. The van der Waals surface area contributed by atoms with Gasteiger partial charge in [-0.25, -0.2) is 0 Å². The summed E-state index contributed by atoms with van der Waals surface area (Å²) in [4.78, 5) is 17.1. The van der Waals surface area contributed by atoms with Crippen molar-refractivity contribution < 1.29 is 14.3 Å². The number of hydrogen-bond acceptors (Lipinski definition) is 5. The summed E-state index contributed by atoms with van der Waals surface area (Å²) in [5.74, 6) is 0.957. The number of anilines is 1. The number of carbonyl (C=O) groups excluding carboxylic acids is 1. The molecule has 0 spiro atoms. The van der Waals surface area contributed by atoms with Crippen molar-refractivity contribution in [3.8, 4) is 22.6 Å². The van der Waals surface area contributed by atoms with Crippen molar-refractivity contribution in [2.24, 2.45) is 7.05 Å². The second-order valence-electron chi connectivity index (χ2n) is 6.95. The molecule has 0 bridgehead atoms. The number of nitrogens with one attached hydrogen (secondary N) is 1. The molecule has 31 heavy (non-hydrogen) atoms. The van der Waals surface area contributed by atoms with Crippen molar-refractivity contribution in [2.75, 3.05) is 12.4 Å². The molecule has 0 aliphatic heterocycles. The zero-order valence-electron chi connectivity index (χ0n) is 17.3. The van der Waals surface area contributed by atoms with E-state index in [9.17, 15) is 4.79 Å². The van der Waals surface area contributed by atoms with E-state index in [-0.39, 0.29) is 5.91 Å². The summed E-state index contributed by atoms with van der Waals surface area (Å²) in [7, 11) is 3.48. The Bertz CT molecular complexity index is 1190. The van der Waals surface area contributed by atoms with E-state index in [1.807, 2.05) is 49.6 Å². The van der Waals surface area contributed by atoms with Gasteiger partial charge in [0.25, 0.3) is 5.91 Å². The molecule has 4 aromatic rings. The molecule has 0 fully saturated rings. The van der Waals surface area contributed by atoms with Gasteiger partial charge in [0, 0.05) is 25.0 Å². The van der Waals surface area contributed by atoms with Gasteiger partial charge in [-0.05, 0) is 47.5 Å². The fourth-order valence-corrected chi connectivity index (χ4v) is 3.14. The van der Waals surface area contributed by atoms with E-state index in [4.69, 9.17) is 9.47 Å². The molecule has 7 nitrogen and oxygen atoms in total. The molecular weight excluding hydrogens is 392 g/mol. The predicted octanol–water partition coefficient (Wildman–Crippen LogP) is 4.32. The Morgan fingerprint density at radius 1 is 1.06 bits per heavy atom. The van der Waals surface area contributed by atoms with Crippen molar-refractivity contribution >= 4 is 11.6 Å². The third-order valence-electron chi connectivity index (χ3n) is 4.71. The highest BCUT2D eigenvalue weighted by Crippen LogP contribution is 2.28. The number of aromatic nitrogens is 3. The molecule has 0 radical (unpaired) electrons. The largest absolute Gasteiger partial charge is 0.497 e. The maximum Gasteiger partial charge on any atom is 0.259 e. The Morgan fingerprint density at radius 2 is 1.97 bits per heavy atom.